The zero-order valence-electron chi connectivity index (χ0n) is 42.8. The average molecular weight is 842 g/mol. The van der Waals surface area contributed by atoms with Gasteiger partial charge in [0.05, 0.1) is 0 Å². The number of aryl methyl sites for hydroxylation is 1. The van der Waals surface area contributed by atoms with Crippen molar-refractivity contribution < 1.29 is 4.79 Å². The quantitative estimate of drug-likeness (QED) is 0.139. The van der Waals surface area contributed by atoms with Crippen LogP contribution in [0.5, 0.6) is 0 Å². The van der Waals surface area contributed by atoms with Crippen molar-refractivity contribution in [3.05, 3.63) is 65.8 Å². The number of carbonyl (C=O) groups is 1. The second-order valence-corrected chi connectivity index (χ2v) is 20.6. The van der Waals surface area contributed by atoms with E-state index in [-0.39, 0.29) is 32.7 Å². The fourth-order valence-corrected chi connectivity index (χ4v) is 13.6. The molecule has 4 saturated carbocycles. The van der Waals surface area contributed by atoms with E-state index in [1.165, 1.54) is 47.3 Å². The Hall–Kier alpha value is -2.70. The first-order valence-electron chi connectivity index (χ1n) is 24.7. The van der Waals surface area contributed by atoms with Crippen LogP contribution in [-0.2, 0) is 4.79 Å². The van der Waals surface area contributed by atoms with Crippen LogP contribution in [0.25, 0.3) is 5.57 Å². The molecule has 0 aliphatic heterocycles. The summed E-state index contributed by atoms with van der Waals surface area (Å²) in [7, 11) is 2.01. The van der Waals surface area contributed by atoms with Crippen molar-refractivity contribution >= 4 is 17.6 Å². The Morgan fingerprint density at radius 1 is 0.951 bits per heavy atom. The van der Waals surface area contributed by atoms with Gasteiger partial charge in [-0.3, -0.25) is 4.99 Å². The van der Waals surface area contributed by atoms with Crippen molar-refractivity contribution in [1.29, 1.82) is 0 Å². The predicted octanol–water partition coefficient (Wildman–Crippen LogP) is 14.3. The molecule has 9 atom stereocenters. The molecule has 6 heteroatoms. The van der Waals surface area contributed by atoms with E-state index in [0.29, 0.717) is 29.6 Å². The first-order chi connectivity index (χ1) is 28.6. The molecular weight excluding hydrogens is 747 g/mol. The SMILES string of the molecule is C=C(C)c1ncc(C)cn1.C=C(CC1CCC2(C)C(CCC3(C)C4CCC5(C(CCC)=NC)CC(=C)C(C(C)C)=C5C4(N)CCC23N)C1C)CC(C)(C)C=O.CC.CC.CC. The van der Waals surface area contributed by atoms with Gasteiger partial charge in [0.1, 0.15) is 6.29 Å². The Morgan fingerprint density at radius 3 is 2.03 bits per heavy atom. The molecule has 0 aromatic carbocycles. The van der Waals surface area contributed by atoms with Crippen molar-refractivity contribution in [1.82, 2.24) is 9.97 Å². The number of hydrogen-bond donors (Lipinski definition) is 2. The highest BCUT2D eigenvalue weighted by molar-refractivity contribution is 5.95. The number of fused-ring (bicyclic) bond motifs is 7. The lowest BCUT2D eigenvalue weighted by Crippen LogP contribution is -2.79. The minimum Gasteiger partial charge on any atom is -0.324 e. The normalized spacial score (nSPS) is 33.9. The maximum Gasteiger partial charge on any atom is 0.154 e. The lowest BCUT2D eigenvalue weighted by molar-refractivity contribution is -0.188. The number of hydrogen-bond acceptors (Lipinski definition) is 6. The summed E-state index contributed by atoms with van der Waals surface area (Å²) in [4.78, 5) is 24.8. The number of aromatic nitrogens is 2. The van der Waals surface area contributed by atoms with Crippen LogP contribution >= 0.6 is 0 Å². The number of aliphatic imine (C=N–C) groups is 1. The van der Waals surface area contributed by atoms with E-state index in [2.05, 4.69) is 64.7 Å². The number of allylic oxidation sites excluding steroid dienone is 4. The standard InChI is InChI=1S/C41H67N3O.C8H10N2.3C2H6/c1-12-13-33(44-11)39-19-16-32-38(10)18-15-31-29(6)30(22-27(4)23-36(7,8)25-45)14-17-37(31,9)41(38,43)21-20-40(32,42)35(39)34(26(2)3)28(5)24-39;1-6(2)8-9-4-7(3)5-10-8;3*1-2/h25-26,29-32H,4-5,12-24,42-43H2,1-3,6-11H3;4-5H,1H2,2-3H3;3*1-2H3. The summed E-state index contributed by atoms with van der Waals surface area (Å²) in [6, 6.07) is 0. The van der Waals surface area contributed by atoms with Gasteiger partial charge in [-0.1, -0.05) is 134 Å². The average Bonchev–Trinajstić information content (AvgIpc) is 3.56. The van der Waals surface area contributed by atoms with Gasteiger partial charge in [-0.05, 0) is 154 Å². The highest BCUT2D eigenvalue weighted by Crippen LogP contribution is 2.74. The minimum atomic E-state index is -0.367. The van der Waals surface area contributed by atoms with Gasteiger partial charge in [0.25, 0.3) is 0 Å². The van der Waals surface area contributed by atoms with Crippen LogP contribution in [0.2, 0.25) is 0 Å². The molecule has 1 aromatic rings. The van der Waals surface area contributed by atoms with Gasteiger partial charge >= 0.3 is 0 Å². The molecule has 0 saturated heterocycles. The molecule has 5 aliphatic carbocycles. The van der Waals surface area contributed by atoms with Crippen LogP contribution in [0.15, 0.2) is 59.4 Å². The lowest BCUT2D eigenvalue weighted by atomic mass is 9.33. The molecule has 61 heavy (non-hydrogen) atoms. The number of carbonyl (C=O) groups excluding carboxylic acids is 1. The molecular formula is C55H95N5O. The summed E-state index contributed by atoms with van der Waals surface area (Å²) in [5, 5.41) is 0. The smallest absolute Gasteiger partial charge is 0.154 e. The Morgan fingerprint density at radius 2 is 1.52 bits per heavy atom. The molecule has 0 amide bonds. The molecule has 1 aromatic heterocycles. The zero-order chi connectivity index (χ0) is 46.9. The number of nitrogens with two attached hydrogens (primary N) is 2. The molecule has 9 unspecified atom stereocenters. The molecule has 6 rings (SSSR count). The Kier molecular flexibility index (Phi) is 19.4. The zero-order valence-corrected chi connectivity index (χ0v) is 42.8. The van der Waals surface area contributed by atoms with Gasteiger partial charge in [0.15, 0.2) is 5.82 Å². The van der Waals surface area contributed by atoms with Crippen molar-refractivity contribution in [2.45, 2.75) is 205 Å². The summed E-state index contributed by atoms with van der Waals surface area (Å²) in [5.41, 5.74) is 23.9. The Bertz CT molecular complexity index is 1720. The van der Waals surface area contributed by atoms with Crippen molar-refractivity contribution in [3.8, 4) is 0 Å². The molecule has 5 aliphatic rings. The van der Waals surface area contributed by atoms with Gasteiger partial charge < -0.3 is 16.3 Å². The van der Waals surface area contributed by atoms with E-state index < -0.39 is 0 Å². The summed E-state index contributed by atoms with van der Waals surface area (Å²) in [6.07, 6.45) is 18.6. The number of aldehydes is 1. The highest BCUT2D eigenvalue weighted by Gasteiger charge is 2.73. The topological polar surface area (TPSA) is 107 Å². The van der Waals surface area contributed by atoms with Crippen molar-refractivity contribution in [2.24, 2.45) is 67.7 Å². The van der Waals surface area contributed by atoms with Crippen LogP contribution in [0, 0.1) is 58.2 Å². The fourth-order valence-electron chi connectivity index (χ4n) is 13.6. The third-order valence-electron chi connectivity index (χ3n) is 16.2. The van der Waals surface area contributed by atoms with Gasteiger partial charge in [-0.15, -0.1) is 0 Å². The molecule has 0 radical (unpaired) electrons. The lowest BCUT2D eigenvalue weighted by Gasteiger charge is -2.74. The highest BCUT2D eigenvalue weighted by atomic mass is 16.1. The second kappa shape index (κ2) is 21.8. The predicted molar refractivity (Wildman–Crippen MR) is 267 cm³/mol. The second-order valence-electron chi connectivity index (χ2n) is 20.6. The maximum atomic E-state index is 11.6. The monoisotopic (exact) mass is 842 g/mol. The summed E-state index contributed by atoms with van der Waals surface area (Å²) >= 11 is 0. The largest absolute Gasteiger partial charge is 0.324 e. The fraction of sp³-hybridized carbons (Fsp3) is 0.745. The molecule has 4 N–H and O–H groups in total. The van der Waals surface area contributed by atoms with Crippen LogP contribution in [-0.4, -0.2) is 40.1 Å². The van der Waals surface area contributed by atoms with Gasteiger partial charge in [0, 0.05) is 47.1 Å². The molecule has 6 nitrogen and oxygen atoms in total. The summed E-state index contributed by atoms with van der Waals surface area (Å²) < 4.78 is 0. The third-order valence-corrected chi connectivity index (χ3v) is 16.2. The molecule has 346 valence electrons. The van der Waals surface area contributed by atoms with Gasteiger partial charge in [-0.2, -0.15) is 0 Å². The van der Waals surface area contributed by atoms with Crippen LogP contribution in [0.1, 0.15) is 199 Å². The van der Waals surface area contributed by atoms with E-state index in [1.807, 2.05) is 76.3 Å². The van der Waals surface area contributed by atoms with Crippen LogP contribution < -0.4 is 11.5 Å². The van der Waals surface area contributed by atoms with E-state index in [9.17, 15) is 4.79 Å². The van der Waals surface area contributed by atoms with E-state index in [1.54, 1.807) is 12.4 Å². The van der Waals surface area contributed by atoms with Crippen LogP contribution in [0.4, 0.5) is 0 Å². The Labute approximate surface area is 376 Å². The number of rotatable bonds is 10. The molecule has 0 spiro atoms. The summed E-state index contributed by atoms with van der Waals surface area (Å²) in [6.45, 7) is 47.4. The summed E-state index contributed by atoms with van der Waals surface area (Å²) in [5.74, 6) is 3.32. The maximum absolute atomic E-state index is 11.6. The number of nitrogens with zero attached hydrogens (tertiary/aromatic N) is 3. The first-order valence-corrected chi connectivity index (χ1v) is 24.7. The molecule has 1 heterocycles. The van der Waals surface area contributed by atoms with Crippen molar-refractivity contribution in [3.63, 3.8) is 0 Å². The van der Waals surface area contributed by atoms with E-state index in [0.717, 1.165) is 87.5 Å². The molecule has 4 fully saturated rings. The van der Waals surface area contributed by atoms with Gasteiger partial charge in [-0.25, -0.2) is 9.97 Å². The minimum absolute atomic E-state index is 0.0190. The van der Waals surface area contributed by atoms with E-state index >= 15 is 0 Å². The van der Waals surface area contributed by atoms with E-state index in [4.69, 9.17) is 23.0 Å². The Balaban J connectivity index is 0.000000684. The third kappa shape index (κ3) is 10.0. The molecule has 0 bridgehead atoms. The van der Waals surface area contributed by atoms with Crippen LogP contribution in [0.3, 0.4) is 0 Å². The first kappa shape index (κ1) is 54.4. The van der Waals surface area contributed by atoms with Gasteiger partial charge in [0.2, 0.25) is 0 Å². The van der Waals surface area contributed by atoms with Crippen molar-refractivity contribution in [2.75, 3.05) is 7.05 Å².